The number of para-hydroxylation sites is 1. The van der Waals surface area contributed by atoms with Crippen LogP contribution in [-0.2, 0) is 0 Å². The van der Waals surface area contributed by atoms with Crippen molar-refractivity contribution in [2.45, 2.75) is 13.0 Å². The molecule has 0 saturated carbocycles. The number of amides is 1. The van der Waals surface area contributed by atoms with Crippen LogP contribution in [0.3, 0.4) is 0 Å². The molecule has 5 nitrogen and oxygen atoms in total. The van der Waals surface area contributed by atoms with Crippen LogP contribution in [0.15, 0.2) is 41.0 Å². The molecule has 1 amide bonds. The van der Waals surface area contributed by atoms with Gasteiger partial charge in [0.25, 0.3) is 5.91 Å². The van der Waals surface area contributed by atoms with Gasteiger partial charge in [0.1, 0.15) is 5.76 Å². The van der Waals surface area contributed by atoms with E-state index in [-0.39, 0.29) is 6.04 Å². The van der Waals surface area contributed by atoms with Crippen molar-refractivity contribution in [1.82, 2.24) is 0 Å². The Bertz CT molecular complexity index is 549. The van der Waals surface area contributed by atoms with Crippen LogP contribution in [0.5, 0.6) is 0 Å². The highest BCUT2D eigenvalue weighted by molar-refractivity contribution is 6.00. The molecule has 0 saturated heterocycles. The molecule has 1 unspecified atom stereocenters. The Hall–Kier alpha value is -2.43. The monoisotopic (exact) mass is 245 g/mol. The number of primary amides is 1. The van der Waals surface area contributed by atoms with E-state index in [0.29, 0.717) is 16.9 Å². The minimum atomic E-state index is -0.540. The summed E-state index contributed by atoms with van der Waals surface area (Å²) >= 11 is 0. The maximum atomic E-state index is 11.2. The van der Waals surface area contributed by atoms with E-state index in [2.05, 4.69) is 5.32 Å². The van der Waals surface area contributed by atoms with Crippen LogP contribution >= 0.6 is 0 Å². The van der Waals surface area contributed by atoms with Gasteiger partial charge in [0.15, 0.2) is 0 Å². The lowest BCUT2D eigenvalue weighted by Gasteiger charge is -2.16. The Labute approximate surface area is 105 Å². The van der Waals surface area contributed by atoms with E-state index in [4.69, 9.17) is 15.9 Å². The average molecular weight is 245 g/mol. The van der Waals surface area contributed by atoms with Crippen LogP contribution in [0.1, 0.15) is 29.1 Å². The van der Waals surface area contributed by atoms with Crippen molar-refractivity contribution < 1.29 is 9.21 Å². The van der Waals surface area contributed by atoms with Gasteiger partial charge in [-0.25, -0.2) is 0 Å². The standard InChI is InChI=1S/C13H15N3O2/c1-8(11-6-3-7-18-11)16-10-5-2-4-9(12(10)14)13(15)17/h2-8,16H,14H2,1H3,(H2,15,17). The second kappa shape index (κ2) is 4.83. The molecule has 18 heavy (non-hydrogen) atoms. The van der Waals surface area contributed by atoms with Crippen LogP contribution in [0.25, 0.3) is 0 Å². The normalized spacial score (nSPS) is 12.1. The summed E-state index contributed by atoms with van der Waals surface area (Å²) < 4.78 is 5.29. The minimum Gasteiger partial charge on any atom is -0.467 e. The molecule has 0 fully saturated rings. The fraction of sp³-hybridized carbons (Fsp3) is 0.154. The van der Waals surface area contributed by atoms with E-state index in [1.807, 2.05) is 19.1 Å². The molecule has 0 aliphatic heterocycles. The first kappa shape index (κ1) is 12.0. The molecular weight excluding hydrogens is 230 g/mol. The molecule has 0 spiro atoms. The maximum absolute atomic E-state index is 11.2. The number of hydrogen-bond donors (Lipinski definition) is 3. The molecule has 0 aliphatic rings. The summed E-state index contributed by atoms with van der Waals surface area (Å²) in [5, 5.41) is 3.18. The van der Waals surface area contributed by atoms with Crippen molar-refractivity contribution in [2.24, 2.45) is 5.73 Å². The molecule has 1 heterocycles. The number of rotatable bonds is 4. The maximum Gasteiger partial charge on any atom is 0.250 e. The van der Waals surface area contributed by atoms with Gasteiger partial charge in [-0.15, -0.1) is 0 Å². The first-order chi connectivity index (χ1) is 8.59. The third-order valence-electron chi connectivity index (χ3n) is 2.71. The highest BCUT2D eigenvalue weighted by Gasteiger charge is 2.13. The summed E-state index contributed by atoms with van der Waals surface area (Å²) in [4.78, 5) is 11.2. The molecule has 0 aliphatic carbocycles. The van der Waals surface area contributed by atoms with E-state index in [9.17, 15) is 4.79 Å². The van der Waals surface area contributed by atoms with E-state index in [0.717, 1.165) is 5.76 Å². The van der Waals surface area contributed by atoms with Crippen LogP contribution < -0.4 is 16.8 Å². The highest BCUT2D eigenvalue weighted by Crippen LogP contribution is 2.26. The molecule has 2 aromatic rings. The third-order valence-corrected chi connectivity index (χ3v) is 2.71. The van der Waals surface area contributed by atoms with Crippen LogP contribution in [0.4, 0.5) is 11.4 Å². The number of anilines is 2. The number of nitrogens with one attached hydrogen (secondary N) is 1. The summed E-state index contributed by atoms with van der Waals surface area (Å²) in [5.41, 5.74) is 12.5. The lowest BCUT2D eigenvalue weighted by molar-refractivity contribution is 0.100. The number of carbonyl (C=O) groups is 1. The van der Waals surface area contributed by atoms with E-state index in [1.54, 1.807) is 24.5 Å². The molecule has 0 radical (unpaired) electrons. The van der Waals surface area contributed by atoms with E-state index < -0.39 is 5.91 Å². The Kier molecular flexibility index (Phi) is 3.23. The Morgan fingerprint density at radius 1 is 1.33 bits per heavy atom. The molecule has 1 aromatic carbocycles. The van der Waals surface area contributed by atoms with E-state index in [1.165, 1.54) is 0 Å². The lowest BCUT2D eigenvalue weighted by Crippen LogP contribution is -2.15. The summed E-state index contributed by atoms with van der Waals surface area (Å²) in [6, 6.07) is 8.75. The molecule has 5 heteroatoms. The van der Waals surface area contributed by atoms with Crippen molar-refractivity contribution in [3.63, 3.8) is 0 Å². The second-order valence-electron chi connectivity index (χ2n) is 4.01. The molecule has 2 rings (SSSR count). The van der Waals surface area contributed by atoms with Gasteiger partial charge in [-0.1, -0.05) is 6.07 Å². The van der Waals surface area contributed by atoms with Crippen molar-refractivity contribution in [3.05, 3.63) is 47.9 Å². The predicted molar refractivity (Wildman–Crippen MR) is 70.1 cm³/mol. The Balaban J connectivity index is 2.24. The molecule has 5 N–H and O–H groups in total. The Morgan fingerprint density at radius 2 is 2.11 bits per heavy atom. The average Bonchev–Trinajstić information content (AvgIpc) is 2.85. The van der Waals surface area contributed by atoms with Gasteiger partial charge in [-0.2, -0.15) is 0 Å². The number of nitrogens with two attached hydrogens (primary N) is 2. The number of benzene rings is 1. The van der Waals surface area contributed by atoms with Gasteiger partial charge in [-0.3, -0.25) is 4.79 Å². The fourth-order valence-corrected chi connectivity index (χ4v) is 1.75. The topological polar surface area (TPSA) is 94.3 Å². The summed E-state index contributed by atoms with van der Waals surface area (Å²) in [6.07, 6.45) is 1.61. The summed E-state index contributed by atoms with van der Waals surface area (Å²) in [7, 11) is 0. The predicted octanol–water partition coefficient (Wildman–Crippen LogP) is 2.13. The van der Waals surface area contributed by atoms with Crippen LogP contribution in [0.2, 0.25) is 0 Å². The molecule has 1 atom stereocenters. The zero-order chi connectivity index (χ0) is 13.1. The number of nitrogen functional groups attached to an aromatic ring is 1. The number of carbonyl (C=O) groups excluding carboxylic acids is 1. The van der Waals surface area contributed by atoms with Crippen molar-refractivity contribution in [3.8, 4) is 0 Å². The third kappa shape index (κ3) is 2.29. The first-order valence-corrected chi connectivity index (χ1v) is 5.58. The van der Waals surface area contributed by atoms with E-state index >= 15 is 0 Å². The van der Waals surface area contributed by atoms with Gasteiger partial charge in [0, 0.05) is 0 Å². The summed E-state index contributed by atoms with van der Waals surface area (Å²) in [6.45, 7) is 1.94. The minimum absolute atomic E-state index is 0.0505. The number of furan rings is 1. The molecular formula is C13H15N3O2. The highest BCUT2D eigenvalue weighted by atomic mass is 16.3. The smallest absolute Gasteiger partial charge is 0.250 e. The largest absolute Gasteiger partial charge is 0.467 e. The zero-order valence-corrected chi connectivity index (χ0v) is 10.0. The van der Waals surface area contributed by atoms with Crippen molar-refractivity contribution in [1.29, 1.82) is 0 Å². The van der Waals surface area contributed by atoms with Crippen LogP contribution in [-0.4, -0.2) is 5.91 Å². The van der Waals surface area contributed by atoms with Crippen molar-refractivity contribution in [2.75, 3.05) is 11.1 Å². The number of hydrogen-bond acceptors (Lipinski definition) is 4. The van der Waals surface area contributed by atoms with Gasteiger partial charge < -0.3 is 21.2 Å². The Morgan fingerprint density at radius 3 is 2.72 bits per heavy atom. The lowest BCUT2D eigenvalue weighted by atomic mass is 10.1. The van der Waals surface area contributed by atoms with Crippen molar-refractivity contribution >= 4 is 17.3 Å². The molecule has 1 aromatic heterocycles. The second-order valence-corrected chi connectivity index (χ2v) is 4.01. The SMILES string of the molecule is CC(Nc1cccc(C(N)=O)c1N)c1ccco1. The van der Waals surface area contributed by atoms with Crippen LogP contribution in [0, 0.1) is 0 Å². The quantitative estimate of drug-likeness (QED) is 0.719. The first-order valence-electron chi connectivity index (χ1n) is 5.58. The van der Waals surface area contributed by atoms with Gasteiger partial charge >= 0.3 is 0 Å². The summed E-state index contributed by atoms with van der Waals surface area (Å²) in [5.74, 6) is 0.251. The van der Waals surface area contributed by atoms with Gasteiger partial charge in [0.2, 0.25) is 0 Å². The zero-order valence-electron chi connectivity index (χ0n) is 10.0. The fourth-order valence-electron chi connectivity index (χ4n) is 1.75. The van der Waals surface area contributed by atoms with Gasteiger partial charge in [0.05, 0.1) is 29.2 Å². The molecule has 94 valence electrons. The molecule has 0 bridgehead atoms. The van der Waals surface area contributed by atoms with Gasteiger partial charge in [-0.05, 0) is 31.2 Å².